The Balaban J connectivity index is 2.10. The van der Waals surface area contributed by atoms with Crippen LogP contribution in [0.15, 0.2) is 29.4 Å². The average molecular weight is 210 g/mol. The monoisotopic (exact) mass is 209 g/mol. The van der Waals surface area contributed by atoms with Gasteiger partial charge >= 0.3 is 0 Å². The van der Waals surface area contributed by atoms with Gasteiger partial charge in [-0.15, -0.1) is 0 Å². The van der Waals surface area contributed by atoms with E-state index >= 15 is 0 Å². The van der Waals surface area contributed by atoms with E-state index in [2.05, 4.69) is 5.16 Å². The lowest BCUT2D eigenvalue weighted by atomic mass is 10.1. The standard InChI is InChI=1S/C11H12ClNO/c1-7(13-14)10-6-11(10)8-2-4-9(12)5-3-8/h2-5,10-11,14H,6H2,1H3. The van der Waals surface area contributed by atoms with Crippen molar-refractivity contribution in [3.8, 4) is 0 Å². The fraction of sp³-hybridized carbons (Fsp3) is 0.364. The Hall–Kier alpha value is -1.02. The van der Waals surface area contributed by atoms with Crippen LogP contribution in [-0.2, 0) is 0 Å². The Bertz CT molecular complexity index is 358. The van der Waals surface area contributed by atoms with E-state index in [0.717, 1.165) is 17.2 Å². The summed E-state index contributed by atoms with van der Waals surface area (Å²) in [5.74, 6) is 0.935. The molecule has 74 valence electrons. The molecule has 1 N–H and O–H groups in total. The number of benzene rings is 1. The van der Waals surface area contributed by atoms with Gasteiger partial charge < -0.3 is 5.21 Å². The van der Waals surface area contributed by atoms with Crippen molar-refractivity contribution in [1.82, 2.24) is 0 Å². The van der Waals surface area contributed by atoms with Crippen molar-refractivity contribution in [3.05, 3.63) is 34.9 Å². The molecule has 1 saturated carbocycles. The first-order valence-electron chi connectivity index (χ1n) is 4.66. The van der Waals surface area contributed by atoms with Crippen molar-refractivity contribution >= 4 is 17.3 Å². The molecule has 0 heterocycles. The molecule has 2 rings (SSSR count). The molecule has 0 amide bonds. The van der Waals surface area contributed by atoms with Crippen LogP contribution in [0.5, 0.6) is 0 Å². The topological polar surface area (TPSA) is 32.6 Å². The molecule has 2 unspecified atom stereocenters. The van der Waals surface area contributed by atoms with Crippen molar-refractivity contribution in [1.29, 1.82) is 0 Å². The first-order valence-corrected chi connectivity index (χ1v) is 5.04. The molecule has 1 aliphatic carbocycles. The van der Waals surface area contributed by atoms with Crippen LogP contribution in [0.1, 0.15) is 24.8 Å². The van der Waals surface area contributed by atoms with Gasteiger partial charge in [0.2, 0.25) is 0 Å². The fourth-order valence-corrected chi connectivity index (χ4v) is 1.94. The van der Waals surface area contributed by atoms with Gasteiger partial charge in [0.05, 0.1) is 5.71 Å². The third-order valence-electron chi connectivity index (χ3n) is 2.78. The molecule has 14 heavy (non-hydrogen) atoms. The SMILES string of the molecule is CC(=NO)C1CC1c1ccc(Cl)cc1. The van der Waals surface area contributed by atoms with E-state index in [0.29, 0.717) is 11.8 Å². The Labute approximate surface area is 88.2 Å². The average Bonchev–Trinajstić information content (AvgIpc) is 2.98. The maximum absolute atomic E-state index is 8.62. The van der Waals surface area contributed by atoms with E-state index in [-0.39, 0.29) is 0 Å². The van der Waals surface area contributed by atoms with Crippen molar-refractivity contribution in [2.24, 2.45) is 11.1 Å². The van der Waals surface area contributed by atoms with Gasteiger partial charge in [-0.1, -0.05) is 28.9 Å². The van der Waals surface area contributed by atoms with Crippen LogP contribution in [-0.4, -0.2) is 10.9 Å². The molecule has 0 aromatic heterocycles. The zero-order chi connectivity index (χ0) is 10.1. The molecule has 1 aromatic carbocycles. The number of nitrogens with zero attached hydrogens (tertiary/aromatic N) is 1. The van der Waals surface area contributed by atoms with Crippen LogP contribution in [0, 0.1) is 5.92 Å². The second kappa shape index (κ2) is 3.62. The molecule has 2 nitrogen and oxygen atoms in total. The summed E-state index contributed by atoms with van der Waals surface area (Å²) < 4.78 is 0. The molecule has 0 radical (unpaired) electrons. The molecular weight excluding hydrogens is 198 g/mol. The number of hydrogen-bond acceptors (Lipinski definition) is 2. The molecule has 0 aliphatic heterocycles. The summed E-state index contributed by atoms with van der Waals surface area (Å²) >= 11 is 5.80. The van der Waals surface area contributed by atoms with Gasteiger partial charge in [0.15, 0.2) is 0 Å². The highest BCUT2D eigenvalue weighted by atomic mass is 35.5. The van der Waals surface area contributed by atoms with Crippen molar-refractivity contribution in [3.63, 3.8) is 0 Å². The van der Waals surface area contributed by atoms with Gasteiger partial charge in [-0.2, -0.15) is 0 Å². The third-order valence-corrected chi connectivity index (χ3v) is 3.03. The minimum absolute atomic E-state index is 0.418. The molecule has 1 aromatic rings. The predicted molar refractivity (Wildman–Crippen MR) is 57.2 cm³/mol. The van der Waals surface area contributed by atoms with Gasteiger partial charge in [-0.3, -0.25) is 0 Å². The molecule has 1 fully saturated rings. The second-order valence-electron chi connectivity index (χ2n) is 3.74. The van der Waals surface area contributed by atoms with Crippen LogP contribution >= 0.6 is 11.6 Å². The van der Waals surface area contributed by atoms with Crippen LogP contribution in [0.4, 0.5) is 0 Å². The van der Waals surface area contributed by atoms with Crippen molar-refractivity contribution in [2.45, 2.75) is 19.3 Å². The van der Waals surface area contributed by atoms with E-state index in [1.54, 1.807) is 0 Å². The first kappa shape index (κ1) is 9.53. The minimum atomic E-state index is 0.418. The van der Waals surface area contributed by atoms with Crippen LogP contribution in [0.2, 0.25) is 5.02 Å². The van der Waals surface area contributed by atoms with E-state index in [9.17, 15) is 0 Å². The highest BCUT2D eigenvalue weighted by Crippen LogP contribution is 2.48. The lowest BCUT2D eigenvalue weighted by Crippen LogP contribution is -1.95. The van der Waals surface area contributed by atoms with E-state index in [1.807, 2.05) is 31.2 Å². The highest BCUT2D eigenvalue weighted by molar-refractivity contribution is 6.30. The van der Waals surface area contributed by atoms with Gasteiger partial charge in [0, 0.05) is 10.9 Å². The van der Waals surface area contributed by atoms with Gasteiger partial charge in [0.1, 0.15) is 0 Å². The fourth-order valence-electron chi connectivity index (χ4n) is 1.81. The molecule has 0 saturated heterocycles. The molecular formula is C11H12ClNO. The number of rotatable bonds is 2. The van der Waals surface area contributed by atoms with Gasteiger partial charge in [-0.05, 0) is 37.0 Å². The number of oxime groups is 1. The first-order chi connectivity index (χ1) is 6.72. The maximum Gasteiger partial charge on any atom is 0.0577 e. The zero-order valence-corrected chi connectivity index (χ0v) is 8.70. The van der Waals surface area contributed by atoms with Crippen LogP contribution < -0.4 is 0 Å². The predicted octanol–water partition coefficient (Wildman–Crippen LogP) is 3.29. The molecule has 3 heteroatoms. The summed E-state index contributed by atoms with van der Waals surface area (Å²) in [6.07, 6.45) is 1.08. The summed E-state index contributed by atoms with van der Waals surface area (Å²) in [5.41, 5.74) is 2.10. The zero-order valence-electron chi connectivity index (χ0n) is 7.94. The summed E-state index contributed by atoms with van der Waals surface area (Å²) in [6.45, 7) is 1.86. The lowest BCUT2D eigenvalue weighted by molar-refractivity contribution is 0.316. The smallest absolute Gasteiger partial charge is 0.0577 e. The summed E-state index contributed by atoms with van der Waals surface area (Å²) in [4.78, 5) is 0. The quantitative estimate of drug-likeness (QED) is 0.453. The highest BCUT2D eigenvalue weighted by Gasteiger charge is 2.40. The number of halogens is 1. The normalized spacial score (nSPS) is 26.3. The van der Waals surface area contributed by atoms with E-state index in [4.69, 9.17) is 16.8 Å². The maximum atomic E-state index is 8.62. The largest absolute Gasteiger partial charge is 0.411 e. The minimum Gasteiger partial charge on any atom is -0.411 e. The number of hydrogen-bond donors (Lipinski definition) is 1. The Morgan fingerprint density at radius 2 is 2.07 bits per heavy atom. The Morgan fingerprint density at radius 3 is 2.64 bits per heavy atom. The molecule has 0 spiro atoms. The van der Waals surface area contributed by atoms with Gasteiger partial charge in [0.25, 0.3) is 0 Å². The second-order valence-corrected chi connectivity index (χ2v) is 4.18. The summed E-state index contributed by atoms with van der Waals surface area (Å²) in [5, 5.41) is 12.6. The van der Waals surface area contributed by atoms with Crippen LogP contribution in [0.3, 0.4) is 0 Å². The third kappa shape index (κ3) is 1.75. The van der Waals surface area contributed by atoms with Crippen molar-refractivity contribution < 1.29 is 5.21 Å². The van der Waals surface area contributed by atoms with Gasteiger partial charge in [-0.25, -0.2) is 0 Å². The van der Waals surface area contributed by atoms with Crippen molar-refractivity contribution in [2.75, 3.05) is 0 Å². The van der Waals surface area contributed by atoms with E-state index in [1.165, 1.54) is 5.56 Å². The van der Waals surface area contributed by atoms with E-state index < -0.39 is 0 Å². The molecule has 0 bridgehead atoms. The summed E-state index contributed by atoms with van der Waals surface area (Å²) in [7, 11) is 0. The molecule has 1 aliphatic rings. The lowest BCUT2D eigenvalue weighted by Gasteiger charge is -1.99. The van der Waals surface area contributed by atoms with Crippen LogP contribution in [0.25, 0.3) is 0 Å². The Morgan fingerprint density at radius 1 is 1.43 bits per heavy atom. The molecule has 2 atom stereocenters. The summed E-state index contributed by atoms with van der Waals surface area (Å²) in [6, 6.07) is 7.88. The Kier molecular flexibility index (Phi) is 2.46.